The molecule has 5 nitrogen and oxygen atoms in total. The SMILES string of the molecule is CCCc1nn(C)c(Nc2ccc(CC#N)cc2)c1N. The van der Waals surface area contributed by atoms with E-state index in [-0.39, 0.29) is 0 Å². The molecule has 1 aromatic carbocycles. The van der Waals surface area contributed by atoms with Gasteiger partial charge in [-0.25, -0.2) is 0 Å². The molecular weight excluding hydrogens is 250 g/mol. The Balaban J connectivity index is 2.19. The second kappa shape index (κ2) is 6.11. The van der Waals surface area contributed by atoms with Gasteiger partial charge in [0.2, 0.25) is 0 Å². The third-order valence-electron chi connectivity index (χ3n) is 3.15. The predicted molar refractivity (Wildman–Crippen MR) is 80.7 cm³/mol. The zero-order chi connectivity index (χ0) is 14.5. The first-order valence-corrected chi connectivity index (χ1v) is 6.70. The Morgan fingerprint density at radius 3 is 2.65 bits per heavy atom. The van der Waals surface area contributed by atoms with Crippen molar-refractivity contribution in [2.24, 2.45) is 7.05 Å². The molecule has 0 atom stereocenters. The fraction of sp³-hybridized carbons (Fsp3) is 0.333. The van der Waals surface area contributed by atoms with Crippen LogP contribution in [0.4, 0.5) is 17.2 Å². The third-order valence-corrected chi connectivity index (χ3v) is 3.15. The van der Waals surface area contributed by atoms with Gasteiger partial charge in [0.05, 0.1) is 23.9 Å². The van der Waals surface area contributed by atoms with E-state index in [9.17, 15) is 0 Å². The van der Waals surface area contributed by atoms with E-state index in [1.807, 2.05) is 31.3 Å². The van der Waals surface area contributed by atoms with Crippen molar-refractivity contribution in [2.45, 2.75) is 26.2 Å². The third kappa shape index (κ3) is 2.91. The van der Waals surface area contributed by atoms with Crippen LogP contribution in [0.3, 0.4) is 0 Å². The molecule has 0 amide bonds. The van der Waals surface area contributed by atoms with E-state index < -0.39 is 0 Å². The molecular formula is C15H19N5. The molecule has 2 aromatic rings. The smallest absolute Gasteiger partial charge is 0.152 e. The van der Waals surface area contributed by atoms with Crippen molar-refractivity contribution in [2.75, 3.05) is 11.1 Å². The van der Waals surface area contributed by atoms with Gasteiger partial charge >= 0.3 is 0 Å². The molecule has 0 fully saturated rings. The van der Waals surface area contributed by atoms with Gasteiger partial charge in [-0.1, -0.05) is 25.5 Å². The standard InChI is InChI=1S/C15H19N5/c1-3-4-13-14(17)15(20(2)19-13)18-12-7-5-11(6-8-12)9-10-16/h5-8,18H,3-4,9,17H2,1-2H3. The van der Waals surface area contributed by atoms with E-state index in [2.05, 4.69) is 23.4 Å². The van der Waals surface area contributed by atoms with Crippen LogP contribution in [-0.4, -0.2) is 9.78 Å². The maximum absolute atomic E-state index is 8.66. The first kappa shape index (κ1) is 13.9. The van der Waals surface area contributed by atoms with Gasteiger partial charge in [0.15, 0.2) is 5.82 Å². The summed E-state index contributed by atoms with van der Waals surface area (Å²) in [5, 5.41) is 16.4. The summed E-state index contributed by atoms with van der Waals surface area (Å²) in [7, 11) is 1.88. The Kier molecular flexibility index (Phi) is 4.26. The fourth-order valence-electron chi connectivity index (χ4n) is 2.10. The number of nitrogens with zero attached hydrogens (tertiary/aromatic N) is 3. The molecule has 0 aliphatic heterocycles. The van der Waals surface area contributed by atoms with Crippen LogP contribution in [0.5, 0.6) is 0 Å². The number of rotatable bonds is 5. The predicted octanol–water partition coefficient (Wildman–Crippen LogP) is 2.76. The summed E-state index contributed by atoms with van der Waals surface area (Å²) in [6.07, 6.45) is 2.32. The number of nitrogen functional groups attached to an aromatic ring is 1. The maximum Gasteiger partial charge on any atom is 0.152 e. The van der Waals surface area contributed by atoms with Crippen molar-refractivity contribution in [1.29, 1.82) is 5.26 Å². The molecule has 0 spiro atoms. The molecule has 3 N–H and O–H groups in total. The van der Waals surface area contributed by atoms with E-state index >= 15 is 0 Å². The Morgan fingerprint density at radius 1 is 1.35 bits per heavy atom. The highest BCUT2D eigenvalue weighted by atomic mass is 15.3. The Bertz CT molecular complexity index is 619. The summed E-state index contributed by atoms with van der Waals surface area (Å²) < 4.78 is 1.77. The largest absolute Gasteiger partial charge is 0.394 e. The minimum absolute atomic E-state index is 0.425. The van der Waals surface area contributed by atoms with Crippen LogP contribution in [0.1, 0.15) is 24.6 Å². The van der Waals surface area contributed by atoms with Crippen LogP contribution in [-0.2, 0) is 19.9 Å². The summed E-state index contributed by atoms with van der Waals surface area (Å²) in [6.45, 7) is 2.11. The van der Waals surface area contributed by atoms with Crippen LogP contribution in [0.25, 0.3) is 0 Å². The molecule has 0 aliphatic carbocycles. The van der Waals surface area contributed by atoms with Crippen molar-refractivity contribution in [3.8, 4) is 6.07 Å². The van der Waals surface area contributed by atoms with Crippen LogP contribution >= 0.6 is 0 Å². The molecule has 0 aliphatic rings. The lowest BCUT2D eigenvalue weighted by Gasteiger charge is -2.08. The molecule has 0 saturated carbocycles. The van der Waals surface area contributed by atoms with Crippen molar-refractivity contribution >= 4 is 17.2 Å². The summed E-state index contributed by atoms with van der Waals surface area (Å²) >= 11 is 0. The van der Waals surface area contributed by atoms with Crippen LogP contribution < -0.4 is 11.1 Å². The second-order valence-corrected chi connectivity index (χ2v) is 4.74. The number of nitriles is 1. The van der Waals surface area contributed by atoms with Gasteiger partial charge < -0.3 is 11.1 Å². The average molecular weight is 269 g/mol. The molecule has 2 rings (SSSR count). The summed E-state index contributed by atoms with van der Waals surface area (Å²) in [6, 6.07) is 9.89. The molecule has 0 unspecified atom stereocenters. The van der Waals surface area contributed by atoms with Crippen LogP contribution in [0.15, 0.2) is 24.3 Å². The van der Waals surface area contributed by atoms with Crippen molar-refractivity contribution in [3.63, 3.8) is 0 Å². The molecule has 1 aromatic heterocycles. The van der Waals surface area contributed by atoms with Crippen molar-refractivity contribution < 1.29 is 0 Å². The maximum atomic E-state index is 8.66. The number of hydrogen-bond acceptors (Lipinski definition) is 4. The highest BCUT2D eigenvalue weighted by Crippen LogP contribution is 2.26. The summed E-state index contributed by atoms with van der Waals surface area (Å²) in [5.74, 6) is 0.807. The van der Waals surface area contributed by atoms with Crippen molar-refractivity contribution in [3.05, 3.63) is 35.5 Å². The average Bonchev–Trinajstić information content (AvgIpc) is 2.69. The van der Waals surface area contributed by atoms with E-state index in [0.717, 1.165) is 35.6 Å². The number of nitrogens with one attached hydrogen (secondary N) is 1. The highest BCUT2D eigenvalue weighted by Gasteiger charge is 2.12. The van der Waals surface area contributed by atoms with Gasteiger partial charge in [0.1, 0.15) is 0 Å². The topological polar surface area (TPSA) is 79.7 Å². The zero-order valence-electron chi connectivity index (χ0n) is 11.8. The van der Waals surface area contributed by atoms with Crippen LogP contribution in [0, 0.1) is 11.3 Å². The molecule has 1 heterocycles. The minimum atomic E-state index is 0.425. The second-order valence-electron chi connectivity index (χ2n) is 4.74. The lowest BCUT2D eigenvalue weighted by molar-refractivity contribution is 0.740. The lowest BCUT2D eigenvalue weighted by atomic mass is 10.1. The van der Waals surface area contributed by atoms with E-state index in [0.29, 0.717) is 12.1 Å². The number of anilines is 3. The molecule has 104 valence electrons. The Hall–Kier alpha value is -2.48. The van der Waals surface area contributed by atoms with Crippen molar-refractivity contribution in [1.82, 2.24) is 9.78 Å². The van der Waals surface area contributed by atoms with Gasteiger partial charge in [-0.05, 0) is 24.1 Å². The summed E-state index contributed by atoms with van der Waals surface area (Å²) in [4.78, 5) is 0. The highest BCUT2D eigenvalue weighted by molar-refractivity contribution is 5.71. The van der Waals surface area contributed by atoms with Crippen LogP contribution in [0.2, 0.25) is 0 Å². The Labute approximate surface area is 119 Å². The molecule has 0 radical (unpaired) electrons. The minimum Gasteiger partial charge on any atom is -0.394 e. The molecule has 5 heteroatoms. The molecule has 20 heavy (non-hydrogen) atoms. The van der Waals surface area contributed by atoms with E-state index in [1.165, 1.54) is 0 Å². The van der Waals surface area contributed by atoms with Gasteiger partial charge in [0.25, 0.3) is 0 Å². The van der Waals surface area contributed by atoms with Gasteiger partial charge in [-0.15, -0.1) is 0 Å². The summed E-state index contributed by atoms with van der Waals surface area (Å²) in [5.41, 5.74) is 9.70. The number of nitrogens with two attached hydrogens (primary N) is 1. The molecule has 0 bridgehead atoms. The van der Waals surface area contributed by atoms with Gasteiger partial charge in [-0.3, -0.25) is 4.68 Å². The number of aromatic nitrogens is 2. The zero-order valence-corrected chi connectivity index (χ0v) is 11.8. The van der Waals surface area contributed by atoms with Gasteiger partial charge in [0, 0.05) is 12.7 Å². The van der Waals surface area contributed by atoms with E-state index in [4.69, 9.17) is 11.0 Å². The monoisotopic (exact) mass is 269 g/mol. The lowest BCUT2D eigenvalue weighted by Crippen LogP contribution is -2.01. The molecule has 0 saturated heterocycles. The number of benzene rings is 1. The normalized spacial score (nSPS) is 10.2. The first-order chi connectivity index (χ1) is 9.65. The van der Waals surface area contributed by atoms with Gasteiger partial charge in [-0.2, -0.15) is 10.4 Å². The Morgan fingerprint density at radius 2 is 2.05 bits per heavy atom. The fourth-order valence-corrected chi connectivity index (χ4v) is 2.10. The quantitative estimate of drug-likeness (QED) is 0.874. The number of aryl methyl sites for hydroxylation is 2. The van der Waals surface area contributed by atoms with E-state index in [1.54, 1.807) is 4.68 Å². The first-order valence-electron chi connectivity index (χ1n) is 6.70. The number of hydrogen-bond donors (Lipinski definition) is 2.